The molecule has 0 N–H and O–H groups in total. The Balaban J connectivity index is 2.56. The lowest BCUT2D eigenvalue weighted by atomic mass is 10.0. The molecule has 94 valence electrons. The van der Waals surface area contributed by atoms with Crippen LogP contribution in [0.3, 0.4) is 0 Å². The zero-order valence-corrected chi connectivity index (χ0v) is 10.2. The minimum absolute atomic E-state index is 0.227. The van der Waals surface area contributed by atoms with Crippen LogP contribution in [-0.2, 0) is 4.74 Å². The van der Waals surface area contributed by atoms with Crippen molar-refractivity contribution in [1.82, 2.24) is 0 Å². The zero-order valence-electron chi connectivity index (χ0n) is 10.2. The Bertz CT molecular complexity index is 846. The highest BCUT2D eigenvalue weighted by Gasteiger charge is 2.15. The number of esters is 1. The summed E-state index contributed by atoms with van der Waals surface area (Å²) in [5.41, 5.74) is 0.0420. The topological polar surface area (TPSA) is 56.5 Å². The van der Waals surface area contributed by atoms with Crippen LogP contribution in [0, 0.1) is 0 Å². The van der Waals surface area contributed by atoms with E-state index in [-0.39, 0.29) is 5.56 Å². The monoisotopic (exact) mass is 254 g/mol. The normalized spacial score (nSPS) is 10.8. The summed E-state index contributed by atoms with van der Waals surface area (Å²) in [5.74, 6) is -0.547. The molecule has 0 saturated carbocycles. The highest BCUT2D eigenvalue weighted by atomic mass is 16.5. The van der Waals surface area contributed by atoms with E-state index < -0.39 is 11.6 Å². The fraction of sp³-hybridized carbons (Fsp3) is 0.0667. The lowest BCUT2D eigenvalue weighted by Crippen LogP contribution is -2.08. The van der Waals surface area contributed by atoms with Gasteiger partial charge in [-0.05, 0) is 16.8 Å². The molecule has 0 spiro atoms. The van der Waals surface area contributed by atoms with E-state index in [0.717, 1.165) is 10.8 Å². The molecule has 0 atom stereocenters. The summed E-state index contributed by atoms with van der Waals surface area (Å²) in [6.07, 6.45) is 0. The summed E-state index contributed by atoms with van der Waals surface area (Å²) in [6, 6.07) is 12.3. The first kappa shape index (κ1) is 11.5. The molecule has 0 radical (unpaired) electrons. The molecule has 19 heavy (non-hydrogen) atoms. The van der Waals surface area contributed by atoms with Crippen LogP contribution in [0.1, 0.15) is 10.4 Å². The van der Waals surface area contributed by atoms with Crippen LogP contribution in [0.15, 0.2) is 51.7 Å². The lowest BCUT2D eigenvalue weighted by Gasteiger charge is -2.06. The van der Waals surface area contributed by atoms with Crippen molar-refractivity contribution in [3.8, 4) is 0 Å². The van der Waals surface area contributed by atoms with Crippen LogP contribution in [0.5, 0.6) is 0 Å². The van der Waals surface area contributed by atoms with Gasteiger partial charge in [-0.25, -0.2) is 9.59 Å². The van der Waals surface area contributed by atoms with Crippen LogP contribution >= 0.6 is 0 Å². The van der Waals surface area contributed by atoms with Gasteiger partial charge in [-0.3, -0.25) is 0 Å². The summed E-state index contributed by atoms with van der Waals surface area (Å²) >= 11 is 0. The predicted octanol–water partition coefficient (Wildman–Crippen LogP) is 2.73. The maximum Gasteiger partial charge on any atom is 0.338 e. The number of hydrogen-bond acceptors (Lipinski definition) is 4. The number of ether oxygens (including phenoxy) is 1. The van der Waals surface area contributed by atoms with E-state index in [1.165, 1.54) is 13.2 Å². The number of carbonyl (C=O) groups excluding carboxylic acids is 1. The fourth-order valence-electron chi connectivity index (χ4n) is 2.21. The molecule has 0 unspecified atom stereocenters. The van der Waals surface area contributed by atoms with Crippen LogP contribution in [0.4, 0.5) is 0 Å². The minimum Gasteiger partial charge on any atom is -0.465 e. The molecule has 3 aromatic rings. The number of methoxy groups -OCH3 is 1. The third-order valence-electron chi connectivity index (χ3n) is 3.04. The average Bonchev–Trinajstić information content (AvgIpc) is 2.45. The molecule has 1 aromatic heterocycles. The van der Waals surface area contributed by atoms with E-state index >= 15 is 0 Å². The van der Waals surface area contributed by atoms with Gasteiger partial charge in [0.15, 0.2) is 0 Å². The van der Waals surface area contributed by atoms with Gasteiger partial charge in [0, 0.05) is 11.5 Å². The van der Waals surface area contributed by atoms with Gasteiger partial charge in [-0.2, -0.15) is 0 Å². The van der Waals surface area contributed by atoms with Gasteiger partial charge in [0.1, 0.15) is 5.58 Å². The van der Waals surface area contributed by atoms with E-state index in [4.69, 9.17) is 9.15 Å². The lowest BCUT2D eigenvalue weighted by molar-refractivity contribution is 0.0602. The first-order chi connectivity index (χ1) is 9.20. The largest absolute Gasteiger partial charge is 0.465 e. The number of hydrogen-bond donors (Lipinski definition) is 0. The van der Waals surface area contributed by atoms with E-state index in [0.29, 0.717) is 11.0 Å². The Kier molecular flexibility index (Phi) is 2.56. The van der Waals surface area contributed by atoms with Crippen LogP contribution in [-0.4, -0.2) is 13.1 Å². The summed E-state index contributed by atoms with van der Waals surface area (Å²) in [5, 5.41) is 2.42. The van der Waals surface area contributed by atoms with Gasteiger partial charge in [0.2, 0.25) is 0 Å². The summed E-state index contributed by atoms with van der Waals surface area (Å²) in [7, 11) is 1.29. The first-order valence-corrected chi connectivity index (χ1v) is 5.74. The number of rotatable bonds is 1. The zero-order chi connectivity index (χ0) is 13.4. The number of carbonyl (C=O) groups is 1. The fourth-order valence-corrected chi connectivity index (χ4v) is 2.21. The third-order valence-corrected chi connectivity index (χ3v) is 3.04. The van der Waals surface area contributed by atoms with Gasteiger partial charge in [-0.15, -0.1) is 0 Å². The van der Waals surface area contributed by atoms with E-state index in [1.807, 2.05) is 30.3 Å². The molecular weight excluding hydrogens is 244 g/mol. The highest BCUT2D eigenvalue weighted by molar-refractivity contribution is 6.14. The summed E-state index contributed by atoms with van der Waals surface area (Å²) in [4.78, 5) is 23.3. The molecule has 0 aliphatic rings. The minimum atomic E-state index is -0.566. The van der Waals surface area contributed by atoms with Crippen LogP contribution in [0.2, 0.25) is 0 Å². The van der Waals surface area contributed by atoms with Crippen molar-refractivity contribution in [3.05, 3.63) is 58.4 Å². The molecule has 4 nitrogen and oxygen atoms in total. The molecule has 0 amide bonds. The maximum atomic E-state index is 11.8. The molecule has 0 saturated heterocycles. The molecular formula is C15H10O4. The summed E-state index contributed by atoms with van der Waals surface area (Å²) in [6.45, 7) is 0. The van der Waals surface area contributed by atoms with Crippen LogP contribution < -0.4 is 5.63 Å². The number of fused-ring (bicyclic) bond motifs is 3. The summed E-state index contributed by atoms with van der Waals surface area (Å²) < 4.78 is 9.87. The van der Waals surface area contributed by atoms with E-state index in [1.54, 1.807) is 6.07 Å². The third kappa shape index (κ3) is 1.78. The smallest absolute Gasteiger partial charge is 0.338 e. The van der Waals surface area contributed by atoms with Crippen molar-refractivity contribution in [2.45, 2.75) is 0 Å². The van der Waals surface area contributed by atoms with Gasteiger partial charge in [0.25, 0.3) is 0 Å². The second-order valence-corrected chi connectivity index (χ2v) is 4.13. The molecule has 0 aliphatic carbocycles. The van der Waals surface area contributed by atoms with Crippen molar-refractivity contribution >= 4 is 27.7 Å². The van der Waals surface area contributed by atoms with Crippen molar-refractivity contribution in [2.24, 2.45) is 0 Å². The molecule has 0 aliphatic heterocycles. The maximum absolute atomic E-state index is 11.8. The van der Waals surface area contributed by atoms with Crippen molar-refractivity contribution in [1.29, 1.82) is 0 Å². The van der Waals surface area contributed by atoms with Gasteiger partial charge >= 0.3 is 11.6 Å². The van der Waals surface area contributed by atoms with Gasteiger partial charge < -0.3 is 9.15 Å². The van der Waals surface area contributed by atoms with Gasteiger partial charge in [0.05, 0.1) is 12.7 Å². The molecule has 3 rings (SSSR count). The Hall–Kier alpha value is -2.62. The van der Waals surface area contributed by atoms with Gasteiger partial charge in [-0.1, -0.05) is 30.3 Å². The van der Waals surface area contributed by atoms with Crippen molar-refractivity contribution < 1.29 is 13.9 Å². The molecule has 0 fully saturated rings. The Morgan fingerprint density at radius 1 is 1.16 bits per heavy atom. The van der Waals surface area contributed by atoms with Crippen molar-refractivity contribution in [2.75, 3.05) is 7.11 Å². The predicted molar refractivity (Wildman–Crippen MR) is 71.3 cm³/mol. The van der Waals surface area contributed by atoms with Crippen LogP contribution in [0.25, 0.3) is 21.7 Å². The molecule has 2 aromatic carbocycles. The number of benzene rings is 2. The molecule has 0 bridgehead atoms. The first-order valence-electron chi connectivity index (χ1n) is 5.74. The molecule has 4 heteroatoms. The Morgan fingerprint density at radius 2 is 1.95 bits per heavy atom. The Morgan fingerprint density at radius 3 is 2.74 bits per heavy atom. The molecule has 1 heterocycles. The van der Waals surface area contributed by atoms with Crippen molar-refractivity contribution in [3.63, 3.8) is 0 Å². The highest BCUT2D eigenvalue weighted by Crippen LogP contribution is 2.27. The SMILES string of the molecule is COC(=O)c1cc(=O)oc2ccc3ccccc3c12. The standard InChI is InChI=1S/C15H10O4/c1-18-15(17)11-8-13(16)19-12-7-6-9-4-2-3-5-10(9)14(11)12/h2-8H,1H3. The quantitative estimate of drug-likeness (QED) is 0.380. The van der Waals surface area contributed by atoms with E-state index in [2.05, 4.69) is 0 Å². The second kappa shape index (κ2) is 4.24. The van der Waals surface area contributed by atoms with E-state index in [9.17, 15) is 9.59 Å². The Labute approximate surface area is 108 Å². The average molecular weight is 254 g/mol. The second-order valence-electron chi connectivity index (χ2n) is 4.13.